The summed E-state index contributed by atoms with van der Waals surface area (Å²) in [6.45, 7) is 1.77. The second kappa shape index (κ2) is 5.28. The Morgan fingerprint density at radius 2 is 2.00 bits per heavy atom. The molecule has 1 heterocycles. The number of methoxy groups -OCH3 is 1. The van der Waals surface area contributed by atoms with E-state index < -0.39 is 5.97 Å². The highest BCUT2D eigenvalue weighted by atomic mass is 16.5. The van der Waals surface area contributed by atoms with E-state index in [9.17, 15) is 4.79 Å². The number of fused-ring (bicyclic) bond motifs is 1. The normalized spacial score (nSPS) is 10.6. The summed E-state index contributed by atoms with van der Waals surface area (Å²) < 4.78 is 15.8. The number of benzene rings is 2. The van der Waals surface area contributed by atoms with E-state index in [1.165, 1.54) is 0 Å². The lowest BCUT2D eigenvalue weighted by Crippen LogP contribution is -2.08. The van der Waals surface area contributed by atoms with Crippen LogP contribution in [0.15, 0.2) is 46.9 Å². The molecule has 0 aliphatic heterocycles. The smallest absolute Gasteiger partial charge is 0.343 e. The van der Waals surface area contributed by atoms with Crippen molar-refractivity contribution in [2.75, 3.05) is 7.11 Å². The van der Waals surface area contributed by atoms with Gasteiger partial charge < -0.3 is 13.9 Å². The molecule has 21 heavy (non-hydrogen) atoms. The van der Waals surface area contributed by atoms with Crippen molar-refractivity contribution in [3.8, 4) is 11.5 Å². The van der Waals surface area contributed by atoms with Crippen LogP contribution < -0.4 is 9.47 Å². The maximum absolute atomic E-state index is 12.1. The minimum absolute atomic E-state index is 0.420. The molecule has 106 valence electrons. The molecule has 0 aliphatic carbocycles. The lowest BCUT2D eigenvalue weighted by molar-refractivity contribution is 0.0734. The summed E-state index contributed by atoms with van der Waals surface area (Å²) in [5.74, 6) is 1.14. The van der Waals surface area contributed by atoms with Crippen LogP contribution in [0.2, 0.25) is 0 Å². The fourth-order valence-corrected chi connectivity index (χ4v) is 2.00. The van der Waals surface area contributed by atoms with E-state index in [0.29, 0.717) is 34.1 Å². The van der Waals surface area contributed by atoms with E-state index in [4.69, 9.17) is 13.9 Å². The average Bonchev–Trinajstić information content (AvgIpc) is 2.86. The molecule has 2 aromatic carbocycles. The summed E-state index contributed by atoms with van der Waals surface area (Å²) in [7, 11) is 1.55. The topological polar surface area (TPSA) is 61.6 Å². The quantitative estimate of drug-likeness (QED) is 0.545. The van der Waals surface area contributed by atoms with Crippen LogP contribution in [0, 0.1) is 6.92 Å². The number of aromatic nitrogens is 1. The standard InChI is InChI=1S/C16H13NO4/c1-10-17-14-9-13(6-7-15(14)20-10)21-16(18)11-4-3-5-12(8-11)19-2/h3-9H,1-2H3. The van der Waals surface area contributed by atoms with Gasteiger partial charge in [-0.2, -0.15) is 0 Å². The van der Waals surface area contributed by atoms with Gasteiger partial charge >= 0.3 is 5.97 Å². The summed E-state index contributed by atoms with van der Waals surface area (Å²) >= 11 is 0. The third-order valence-electron chi connectivity index (χ3n) is 2.98. The van der Waals surface area contributed by atoms with Crippen LogP contribution in [0.25, 0.3) is 11.1 Å². The van der Waals surface area contributed by atoms with E-state index >= 15 is 0 Å². The zero-order valence-electron chi connectivity index (χ0n) is 11.6. The number of carbonyl (C=O) groups is 1. The van der Waals surface area contributed by atoms with E-state index in [1.54, 1.807) is 56.5 Å². The molecule has 0 saturated carbocycles. The van der Waals surface area contributed by atoms with Crippen LogP contribution in [0.3, 0.4) is 0 Å². The van der Waals surface area contributed by atoms with Crippen molar-refractivity contribution < 1.29 is 18.7 Å². The maximum atomic E-state index is 12.1. The first kappa shape index (κ1) is 13.2. The zero-order chi connectivity index (χ0) is 14.8. The molecule has 0 unspecified atom stereocenters. The molecule has 5 heteroatoms. The summed E-state index contributed by atoms with van der Waals surface area (Å²) in [6.07, 6.45) is 0. The van der Waals surface area contributed by atoms with Crippen LogP contribution in [0.5, 0.6) is 11.5 Å². The Bertz CT molecular complexity index is 807. The highest BCUT2D eigenvalue weighted by molar-refractivity contribution is 5.92. The molecular formula is C16H13NO4. The summed E-state index contributed by atoms with van der Waals surface area (Å²) in [4.78, 5) is 16.3. The molecule has 0 fully saturated rings. The molecule has 0 saturated heterocycles. The molecule has 0 radical (unpaired) electrons. The third-order valence-corrected chi connectivity index (χ3v) is 2.98. The fourth-order valence-electron chi connectivity index (χ4n) is 2.00. The SMILES string of the molecule is COc1cccc(C(=O)Oc2ccc3oc(C)nc3c2)c1. The highest BCUT2D eigenvalue weighted by Gasteiger charge is 2.11. The highest BCUT2D eigenvalue weighted by Crippen LogP contribution is 2.22. The molecule has 0 N–H and O–H groups in total. The number of ether oxygens (including phenoxy) is 2. The molecule has 0 atom stereocenters. The summed E-state index contributed by atoms with van der Waals surface area (Å²) in [5, 5.41) is 0. The Labute approximate surface area is 121 Å². The van der Waals surface area contributed by atoms with Gasteiger partial charge in [0.2, 0.25) is 0 Å². The summed E-state index contributed by atoms with van der Waals surface area (Å²) in [6, 6.07) is 11.9. The first-order valence-electron chi connectivity index (χ1n) is 6.39. The number of hydrogen-bond donors (Lipinski definition) is 0. The van der Waals surface area contributed by atoms with Crippen molar-refractivity contribution in [2.45, 2.75) is 6.92 Å². The molecule has 0 amide bonds. The van der Waals surface area contributed by atoms with Gasteiger partial charge in [-0.25, -0.2) is 9.78 Å². The molecule has 3 rings (SSSR count). The maximum Gasteiger partial charge on any atom is 0.343 e. The zero-order valence-corrected chi connectivity index (χ0v) is 11.6. The van der Waals surface area contributed by atoms with Gasteiger partial charge in [-0.1, -0.05) is 6.07 Å². The first-order valence-corrected chi connectivity index (χ1v) is 6.39. The molecule has 1 aromatic heterocycles. The molecular weight excluding hydrogens is 270 g/mol. The van der Waals surface area contributed by atoms with Gasteiger partial charge in [0.15, 0.2) is 11.5 Å². The van der Waals surface area contributed by atoms with Gasteiger partial charge in [-0.15, -0.1) is 0 Å². The van der Waals surface area contributed by atoms with Gasteiger partial charge in [0.05, 0.1) is 12.7 Å². The van der Waals surface area contributed by atoms with Crippen molar-refractivity contribution in [3.05, 3.63) is 53.9 Å². The molecule has 0 bridgehead atoms. The van der Waals surface area contributed by atoms with Crippen LogP contribution in [-0.4, -0.2) is 18.1 Å². The van der Waals surface area contributed by atoms with E-state index in [-0.39, 0.29) is 0 Å². The number of esters is 1. The van der Waals surface area contributed by atoms with Crippen molar-refractivity contribution in [1.29, 1.82) is 0 Å². The van der Waals surface area contributed by atoms with Crippen LogP contribution in [0.4, 0.5) is 0 Å². The third kappa shape index (κ3) is 2.72. The molecule has 5 nitrogen and oxygen atoms in total. The number of hydrogen-bond acceptors (Lipinski definition) is 5. The van der Waals surface area contributed by atoms with Gasteiger partial charge in [-0.05, 0) is 30.3 Å². The van der Waals surface area contributed by atoms with Crippen LogP contribution in [-0.2, 0) is 0 Å². The Hall–Kier alpha value is -2.82. The lowest BCUT2D eigenvalue weighted by Gasteiger charge is -2.05. The lowest BCUT2D eigenvalue weighted by atomic mass is 10.2. The number of oxazole rings is 1. The Morgan fingerprint density at radius 1 is 1.14 bits per heavy atom. The fraction of sp³-hybridized carbons (Fsp3) is 0.125. The second-order valence-electron chi connectivity index (χ2n) is 4.48. The van der Waals surface area contributed by atoms with Crippen molar-refractivity contribution in [3.63, 3.8) is 0 Å². The minimum atomic E-state index is -0.450. The predicted molar refractivity (Wildman–Crippen MR) is 76.7 cm³/mol. The predicted octanol–water partition coefficient (Wildman–Crippen LogP) is 3.36. The number of rotatable bonds is 3. The Morgan fingerprint density at radius 3 is 2.81 bits per heavy atom. The first-order chi connectivity index (χ1) is 10.2. The molecule has 3 aromatic rings. The van der Waals surface area contributed by atoms with Crippen molar-refractivity contribution in [2.24, 2.45) is 0 Å². The van der Waals surface area contributed by atoms with E-state index in [2.05, 4.69) is 4.98 Å². The Balaban J connectivity index is 1.84. The molecule has 0 aliphatic rings. The monoisotopic (exact) mass is 283 g/mol. The van der Waals surface area contributed by atoms with Gasteiger partial charge in [-0.3, -0.25) is 0 Å². The number of carbonyl (C=O) groups excluding carboxylic acids is 1. The van der Waals surface area contributed by atoms with E-state index in [0.717, 1.165) is 0 Å². The van der Waals surface area contributed by atoms with E-state index in [1.807, 2.05) is 0 Å². The van der Waals surface area contributed by atoms with Crippen molar-refractivity contribution in [1.82, 2.24) is 4.98 Å². The minimum Gasteiger partial charge on any atom is -0.497 e. The van der Waals surface area contributed by atoms with Crippen molar-refractivity contribution >= 4 is 17.1 Å². The largest absolute Gasteiger partial charge is 0.497 e. The number of nitrogens with zero attached hydrogens (tertiary/aromatic N) is 1. The van der Waals surface area contributed by atoms with Gasteiger partial charge in [0, 0.05) is 13.0 Å². The average molecular weight is 283 g/mol. The molecule has 0 spiro atoms. The second-order valence-corrected chi connectivity index (χ2v) is 4.48. The number of aryl methyl sites for hydroxylation is 1. The summed E-state index contributed by atoms with van der Waals surface area (Å²) in [5.41, 5.74) is 1.74. The van der Waals surface area contributed by atoms with Crippen LogP contribution >= 0.6 is 0 Å². The van der Waals surface area contributed by atoms with Gasteiger partial charge in [0.25, 0.3) is 0 Å². The Kier molecular flexibility index (Phi) is 3.31. The van der Waals surface area contributed by atoms with Gasteiger partial charge in [0.1, 0.15) is 17.0 Å². The van der Waals surface area contributed by atoms with Crippen LogP contribution in [0.1, 0.15) is 16.2 Å².